The predicted octanol–water partition coefficient (Wildman–Crippen LogP) is 1.50. The van der Waals surface area contributed by atoms with Gasteiger partial charge in [-0.25, -0.2) is 0 Å². The Morgan fingerprint density at radius 1 is 1.22 bits per heavy atom. The minimum Gasteiger partial charge on any atom is -0.497 e. The van der Waals surface area contributed by atoms with Gasteiger partial charge in [0.2, 0.25) is 0 Å². The highest BCUT2D eigenvalue weighted by molar-refractivity contribution is 5.79. The molecular weight excluding hydrogens is 292 g/mol. The van der Waals surface area contributed by atoms with Crippen LogP contribution in [0.4, 0.5) is 0 Å². The van der Waals surface area contributed by atoms with Crippen molar-refractivity contribution >= 4 is 5.96 Å². The minimum atomic E-state index is 0.242. The van der Waals surface area contributed by atoms with E-state index in [1.807, 2.05) is 19.1 Å². The molecule has 0 amide bonds. The number of nitrogens with zero attached hydrogens (tertiary/aromatic N) is 2. The van der Waals surface area contributed by atoms with Crippen LogP contribution in [0.3, 0.4) is 0 Å². The Morgan fingerprint density at radius 3 is 2.43 bits per heavy atom. The number of guanidine groups is 1. The zero-order chi connectivity index (χ0) is 17.1. The van der Waals surface area contributed by atoms with Crippen LogP contribution in [0.1, 0.15) is 18.5 Å². The number of hydrogen-bond donors (Lipinski definition) is 2. The summed E-state index contributed by atoms with van der Waals surface area (Å²) in [6, 6.07) is 8.40. The molecule has 0 aromatic heterocycles. The van der Waals surface area contributed by atoms with E-state index in [1.54, 1.807) is 14.2 Å². The summed E-state index contributed by atoms with van der Waals surface area (Å²) in [5, 5.41) is 6.61. The smallest absolute Gasteiger partial charge is 0.191 e. The SMILES string of the molecule is CCOCCNC(=NC)NCC(c1ccc(OC)cc1)N(C)C. The first kappa shape index (κ1) is 19.3. The van der Waals surface area contributed by atoms with Crippen molar-refractivity contribution in [1.82, 2.24) is 15.5 Å². The molecule has 1 aromatic rings. The van der Waals surface area contributed by atoms with Gasteiger partial charge in [-0.1, -0.05) is 12.1 Å². The molecule has 0 spiro atoms. The lowest BCUT2D eigenvalue weighted by Gasteiger charge is -2.26. The Balaban J connectivity index is 2.57. The van der Waals surface area contributed by atoms with Crippen molar-refractivity contribution < 1.29 is 9.47 Å². The molecule has 1 aromatic carbocycles. The van der Waals surface area contributed by atoms with E-state index >= 15 is 0 Å². The molecule has 0 bridgehead atoms. The number of rotatable bonds is 9. The summed E-state index contributed by atoms with van der Waals surface area (Å²) in [7, 11) is 7.59. The summed E-state index contributed by atoms with van der Waals surface area (Å²) in [5.41, 5.74) is 1.23. The van der Waals surface area contributed by atoms with Crippen molar-refractivity contribution in [2.24, 2.45) is 4.99 Å². The highest BCUT2D eigenvalue weighted by atomic mass is 16.5. The first-order valence-corrected chi connectivity index (χ1v) is 7.95. The molecule has 2 N–H and O–H groups in total. The second-order valence-electron chi connectivity index (χ2n) is 5.33. The largest absolute Gasteiger partial charge is 0.497 e. The summed E-state index contributed by atoms with van der Waals surface area (Å²) in [4.78, 5) is 6.42. The molecule has 6 heteroatoms. The molecule has 23 heavy (non-hydrogen) atoms. The predicted molar refractivity (Wildman–Crippen MR) is 95.3 cm³/mol. The Hall–Kier alpha value is -1.79. The zero-order valence-electron chi connectivity index (χ0n) is 14.9. The van der Waals surface area contributed by atoms with E-state index < -0.39 is 0 Å². The Morgan fingerprint density at radius 2 is 1.91 bits per heavy atom. The Kier molecular flexibility index (Phi) is 9.09. The fraction of sp³-hybridized carbons (Fsp3) is 0.588. The molecule has 0 saturated heterocycles. The van der Waals surface area contributed by atoms with Gasteiger partial charge in [0.1, 0.15) is 5.75 Å². The van der Waals surface area contributed by atoms with Gasteiger partial charge in [0, 0.05) is 26.7 Å². The fourth-order valence-corrected chi connectivity index (χ4v) is 2.22. The van der Waals surface area contributed by atoms with Crippen LogP contribution >= 0.6 is 0 Å². The molecular formula is C17H30N4O2. The maximum absolute atomic E-state index is 5.32. The van der Waals surface area contributed by atoms with Crippen LogP contribution in [-0.4, -0.2) is 65.4 Å². The van der Waals surface area contributed by atoms with E-state index in [9.17, 15) is 0 Å². The molecule has 6 nitrogen and oxygen atoms in total. The van der Waals surface area contributed by atoms with Gasteiger partial charge in [0.25, 0.3) is 0 Å². The third kappa shape index (κ3) is 6.88. The van der Waals surface area contributed by atoms with Crippen LogP contribution in [-0.2, 0) is 4.74 Å². The Bertz CT molecular complexity index is 460. The number of nitrogens with one attached hydrogen (secondary N) is 2. The van der Waals surface area contributed by atoms with Crippen molar-refractivity contribution in [1.29, 1.82) is 0 Å². The third-order valence-electron chi connectivity index (χ3n) is 3.55. The van der Waals surface area contributed by atoms with E-state index in [0.29, 0.717) is 6.61 Å². The van der Waals surface area contributed by atoms with Crippen LogP contribution in [0, 0.1) is 0 Å². The van der Waals surface area contributed by atoms with Crippen molar-refractivity contribution in [3.05, 3.63) is 29.8 Å². The topological polar surface area (TPSA) is 58.1 Å². The lowest BCUT2D eigenvalue weighted by molar-refractivity contribution is 0.152. The monoisotopic (exact) mass is 322 g/mol. The zero-order valence-corrected chi connectivity index (χ0v) is 14.9. The first-order valence-electron chi connectivity index (χ1n) is 7.95. The summed E-state index contributed by atoms with van der Waals surface area (Å²) < 4.78 is 10.5. The molecule has 0 aliphatic rings. The molecule has 0 aliphatic carbocycles. The second kappa shape index (κ2) is 10.9. The van der Waals surface area contributed by atoms with Gasteiger partial charge in [-0.15, -0.1) is 0 Å². The standard InChI is InChI=1S/C17H30N4O2/c1-6-23-12-11-19-17(18-2)20-13-16(21(3)4)14-7-9-15(22-5)10-8-14/h7-10,16H,6,11-13H2,1-5H3,(H2,18,19,20). The molecule has 130 valence electrons. The van der Waals surface area contributed by atoms with Gasteiger partial charge in [-0.3, -0.25) is 4.99 Å². The number of benzene rings is 1. The molecule has 0 aliphatic heterocycles. The van der Waals surface area contributed by atoms with Gasteiger partial charge in [0.15, 0.2) is 5.96 Å². The van der Waals surface area contributed by atoms with E-state index in [-0.39, 0.29) is 6.04 Å². The number of ether oxygens (including phenoxy) is 2. The maximum Gasteiger partial charge on any atom is 0.191 e. The number of methoxy groups -OCH3 is 1. The van der Waals surface area contributed by atoms with Crippen LogP contribution in [0.25, 0.3) is 0 Å². The molecule has 0 saturated carbocycles. The van der Waals surface area contributed by atoms with Crippen LogP contribution < -0.4 is 15.4 Å². The van der Waals surface area contributed by atoms with Crippen molar-refractivity contribution in [3.63, 3.8) is 0 Å². The van der Waals surface area contributed by atoms with Crippen molar-refractivity contribution in [2.75, 3.05) is 54.6 Å². The molecule has 1 atom stereocenters. The van der Waals surface area contributed by atoms with Crippen molar-refractivity contribution in [2.45, 2.75) is 13.0 Å². The quantitative estimate of drug-likeness (QED) is 0.410. The first-order chi connectivity index (χ1) is 11.1. The van der Waals surface area contributed by atoms with Crippen LogP contribution in [0.15, 0.2) is 29.3 Å². The summed E-state index contributed by atoms with van der Waals surface area (Å²) >= 11 is 0. The maximum atomic E-state index is 5.32. The molecule has 1 rings (SSSR count). The van der Waals surface area contributed by atoms with Crippen molar-refractivity contribution in [3.8, 4) is 5.75 Å². The lowest BCUT2D eigenvalue weighted by Crippen LogP contribution is -2.42. The van der Waals surface area contributed by atoms with Gasteiger partial charge in [0.05, 0.1) is 19.8 Å². The second-order valence-corrected chi connectivity index (χ2v) is 5.33. The average Bonchev–Trinajstić information content (AvgIpc) is 2.57. The minimum absolute atomic E-state index is 0.242. The van der Waals surface area contributed by atoms with E-state index in [2.05, 4.69) is 46.8 Å². The number of likely N-dealkylation sites (N-methyl/N-ethyl adjacent to an activating group) is 1. The average molecular weight is 322 g/mol. The summed E-state index contributed by atoms with van der Waals surface area (Å²) in [6.07, 6.45) is 0. The lowest BCUT2D eigenvalue weighted by atomic mass is 10.1. The third-order valence-corrected chi connectivity index (χ3v) is 3.55. The molecule has 0 fully saturated rings. The van der Waals surface area contributed by atoms with Gasteiger partial charge in [-0.05, 0) is 38.7 Å². The van der Waals surface area contributed by atoms with E-state index in [4.69, 9.17) is 9.47 Å². The highest BCUT2D eigenvalue weighted by Crippen LogP contribution is 2.20. The van der Waals surface area contributed by atoms with Gasteiger partial charge in [-0.2, -0.15) is 0 Å². The molecule has 1 unspecified atom stereocenters. The van der Waals surface area contributed by atoms with E-state index in [0.717, 1.165) is 31.4 Å². The number of aliphatic imine (C=N–C) groups is 1. The Labute approximate surface area is 139 Å². The van der Waals surface area contributed by atoms with E-state index in [1.165, 1.54) is 5.56 Å². The van der Waals surface area contributed by atoms with Crippen LogP contribution in [0.2, 0.25) is 0 Å². The van der Waals surface area contributed by atoms with Crippen LogP contribution in [0.5, 0.6) is 5.75 Å². The molecule has 0 heterocycles. The fourth-order valence-electron chi connectivity index (χ4n) is 2.22. The van der Waals surface area contributed by atoms with Gasteiger partial charge >= 0.3 is 0 Å². The summed E-state index contributed by atoms with van der Waals surface area (Å²) in [6.45, 7) is 4.89. The molecule has 0 radical (unpaired) electrons. The summed E-state index contributed by atoms with van der Waals surface area (Å²) in [5.74, 6) is 1.65. The number of hydrogen-bond acceptors (Lipinski definition) is 4. The normalized spacial score (nSPS) is 13.0. The highest BCUT2D eigenvalue weighted by Gasteiger charge is 2.14. The van der Waals surface area contributed by atoms with Gasteiger partial charge < -0.3 is 25.0 Å².